The van der Waals surface area contributed by atoms with Crippen molar-refractivity contribution in [2.24, 2.45) is 0 Å². The lowest BCUT2D eigenvalue weighted by Crippen LogP contribution is -2.24. The molecule has 16 heavy (non-hydrogen) atoms. The monoisotopic (exact) mass is 244 g/mol. The van der Waals surface area contributed by atoms with E-state index in [0.29, 0.717) is 19.0 Å². The van der Waals surface area contributed by atoms with E-state index in [-0.39, 0.29) is 4.90 Å². The van der Waals surface area contributed by atoms with Crippen molar-refractivity contribution >= 4 is 16.0 Å². The van der Waals surface area contributed by atoms with E-state index >= 15 is 0 Å². The molecule has 6 nitrogen and oxygen atoms in total. The molecule has 0 aliphatic heterocycles. The Morgan fingerprint density at radius 1 is 1.25 bits per heavy atom. The Balaban J connectivity index is 2.80. The second-order valence-corrected chi connectivity index (χ2v) is 4.94. The van der Waals surface area contributed by atoms with Gasteiger partial charge in [0.1, 0.15) is 4.90 Å². The van der Waals surface area contributed by atoms with Crippen LogP contribution in [-0.2, 0) is 10.0 Å². The Morgan fingerprint density at radius 2 is 1.88 bits per heavy atom. The van der Waals surface area contributed by atoms with Gasteiger partial charge in [0.15, 0.2) is 0 Å². The van der Waals surface area contributed by atoms with E-state index in [1.54, 1.807) is 0 Å². The summed E-state index contributed by atoms with van der Waals surface area (Å²) < 4.78 is 25.7. The summed E-state index contributed by atoms with van der Waals surface area (Å²) in [7, 11) is -3.46. The van der Waals surface area contributed by atoms with Crippen LogP contribution in [0.3, 0.4) is 0 Å². The average molecular weight is 244 g/mol. The minimum atomic E-state index is -3.46. The molecule has 7 heteroatoms. The van der Waals surface area contributed by atoms with Gasteiger partial charge in [0.25, 0.3) is 0 Å². The van der Waals surface area contributed by atoms with E-state index in [1.165, 1.54) is 12.4 Å². The number of hydrogen-bond acceptors (Lipinski definition) is 5. The van der Waals surface area contributed by atoms with Gasteiger partial charge in [-0.25, -0.2) is 23.1 Å². The van der Waals surface area contributed by atoms with Crippen LogP contribution in [0, 0.1) is 0 Å². The van der Waals surface area contributed by atoms with Crippen LogP contribution in [0.4, 0.5) is 5.95 Å². The van der Waals surface area contributed by atoms with Gasteiger partial charge in [0.2, 0.25) is 16.0 Å². The van der Waals surface area contributed by atoms with Crippen LogP contribution in [0.1, 0.15) is 20.3 Å². The van der Waals surface area contributed by atoms with Crippen molar-refractivity contribution in [3.05, 3.63) is 12.4 Å². The van der Waals surface area contributed by atoms with Gasteiger partial charge in [-0.15, -0.1) is 0 Å². The second-order valence-electron chi connectivity index (χ2n) is 3.17. The number of rotatable bonds is 6. The van der Waals surface area contributed by atoms with Crippen LogP contribution in [0.15, 0.2) is 17.3 Å². The molecule has 90 valence electrons. The fraction of sp³-hybridized carbons (Fsp3) is 0.556. The van der Waals surface area contributed by atoms with Crippen molar-refractivity contribution in [3.63, 3.8) is 0 Å². The molecule has 0 bridgehead atoms. The maximum absolute atomic E-state index is 11.6. The van der Waals surface area contributed by atoms with Gasteiger partial charge in [-0.2, -0.15) is 0 Å². The van der Waals surface area contributed by atoms with E-state index in [0.717, 1.165) is 6.42 Å². The molecule has 0 radical (unpaired) electrons. The number of hydrogen-bond donors (Lipinski definition) is 2. The third kappa shape index (κ3) is 3.42. The highest BCUT2D eigenvalue weighted by atomic mass is 32.2. The van der Waals surface area contributed by atoms with Crippen LogP contribution in [0.2, 0.25) is 0 Å². The standard InChI is InChI=1S/C9H16N4O2S/c1-3-5-13-16(14,15)8-6-11-9(10-4-2)12-7-8/h6-7,13H,3-5H2,1-2H3,(H,10,11,12). The third-order valence-electron chi connectivity index (χ3n) is 1.82. The normalized spacial score (nSPS) is 11.4. The van der Waals surface area contributed by atoms with E-state index in [9.17, 15) is 8.42 Å². The number of anilines is 1. The van der Waals surface area contributed by atoms with Gasteiger partial charge >= 0.3 is 0 Å². The van der Waals surface area contributed by atoms with Crippen molar-refractivity contribution in [1.82, 2.24) is 14.7 Å². The number of aromatic nitrogens is 2. The van der Waals surface area contributed by atoms with Crippen molar-refractivity contribution in [3.8, 4) is 0 Å². The minimum absolute atomic E-state index is 0.0857. The third-order valence-corrected chi connectivity index (χ3v) is 3.23. The first-order valence-electron chi connectivity index (χ1n) is 5.15. The van der Waals surface area contributed by atoms with Gasteiger partial charge in [-0.05, 0) is 13.3 Å². The van der Waals surface area contributed by atoms with Crippen molar-refractivity contribution < 1.29 is 8.42 Å². The summed E-state index contributed by atoms with van der Waals surface area (Å²) in [5.74, 6) is 0.428. The fourth-order valence-corrected chi connectivity index (χ4v) is 2.05. The highest BCUT2D eigenvalue weighted by Crippen LogP contribution is 2.06. The highest BCUT2D eigenvalue weighted by Gasteiger charge is 2.13. The summed E-state index contributed by atoms with van der Waals surface area (Å²) in [6.07, 6.45) is 3.33. The molecule has 0 saturated heterocycles. The number of nitrogens with one attached hydrogen (secondary N) is 2. The summed E-state index contributed by atoms with van der Waals surface area (Å²) in [5.41, 5.74) is 0. The zero-order chi connectivity index (χ0) is 12.0. The van der Waals surface area contributed by atoms with Crippen molar-refractivity contribution in [2.75, 3.05) is 18.4 Å². The van der Waals surface area contributed by atoms with Gasteiger partial charge in [0.05, 0.1) is 12.4 Å². The Kier molecular flexibility index (Phi) is 4.63. The predicted molar refractivity (Wildman–Crippen MR) is 61.7 cm³/mol. The Bertz CT molecular complexity index is 416. The molecule has 0 aromatic carbocycles. The molecule has 1 aromatic rings. The van der Waals surface area contributed by atoms with Crippen molar-refractivity contribution in [1.29, 1.82) is 0 Å². The molecule has 0 aliphatic carbocycles. The fourth-order valence-electron chi connectivity index (χ4n) is 1.02. The van der Waals surface area contributed by atoms with E-state index in [1.807, 2.05) is 13.8 Å². The molecular weight excluding hydrogens is 228 g/mol. The molecule has 0 unspecified atom stereocenters. The molecule has 0 amide bonds. The molecule has 1 heterocycles. The number of sulfonamides is 1. The molecule has 2 N–H and O–H groups in total. The van der Waals surface area contributed by atoms with E-state index < -0.39 is 10.0 Å². The second kappa shape index (κ2) is 5.76. The lowest BCUT2D eigenvalue weighted by atomic mass is 10.5. The molecule has 0 atom stereocenters. The van der Waals surface area contributed by atoms with Crippen LogP contribution in [-0.4, -0.2) is 31.5 Å². The Labute approximate surface area is 95.6 Å². The van der Waals surface area contributed by atoms with Crippen molar-refractivity contribution in [2.45, 2.75) is 25.2 Å². The predicted octanol–water partition coefficient (Wildman–Crippen LogP) is 0.597. The maximum atomic E-state index is 11.6. The zero-order valence-corrected chi connectivity index (χ0v) is 10.2. The van der Waals surface area contributed by atoms with Crippen LogP contribution in [0.5, 0.6) is 0 Å². The summed E-state index contributed by atoms with van der Waals surface area (Å²) >= 11 is 0. The lowest BCUT2D eigenvalue weighted by molar-refractivity contribution is 0.580. The zero-order valence-electron chi connectivity index (χ0n) is 9.40. The average Bonchev–Trinajstić information content (AvgIpc) is 2.28. The molecule has 0 fully saturated rings. The SMILES string of the molecule is CCCNS(=O)(=O)c1cnc(NCC)nc1. The summed E-state index contributed by atoms with van der Waals surface area (Å²) in [6, 6.07) is 0. The largest absolute Gasteiger partial charge is 0.355 e. The highest BCUT2D eigenvalue weighted by molar-refractivity contribution is 7.89. The van der Waals surface area contributed by atoms with Gasteiger partial charge < -0.3 is 5.32 Å². The van der Waals surface area contributed by atoms with Crippen LogP contribution < -0.4 is 10.0 Å². The van der Waals surface area contributed by atoms with E-state index in [2.05, 4.69) is 20.0 Å². The lowest BCUT2D eigenvalue weighted by Gasteiger charge is -2.05. The summed E-state index contributed by atoms with van der Waals surface area (Å²) in [6.45, 7) is 4.92. The van der Waals surface area contributed by atoms with Crippen LogP contribution in [0.25, 0.3) is 0 Å². The first kappa shape index (κ1) is 12.9. The van der Waals surface area contributed by atoms with Crippen LogP contribution >= 0.6 is 0 Å². The topological polar surface area (TPSA) is 84.0 Å². The molecule has 1 aromatic heterocycles. The quantitative estimate of drug-likeness (QED) is 0.765. The molecule has 1 rings (SSSR count). The smallest absolute Gasteiger partial charge is 0.243 e. The maximum Gasteiger partial charge on any atom is 0.243 e. The molecule has 0 aliphatic rings. The first-order chi connectivity index (χ1) is 7.60. The summed E-state index contributed by atoms with van der Waals surface area (Å²) in [5, 5.41) is 2.89. The van der Waals surface area contributed by atoms with E-state index in [4.69, 9.17) is 0 Å². The van der Waals surface area contributed by atoms with Gasteiger partial charge in [0, 0.05) is 13.1 Å². The Hall–Kier alpha value is -1.21. The summed E-state index contributed by atoms with van der Waals surface area (Å²) in [4.78, 5) is 7.89. The van der Waals surface area contributed by atoms with Gasteiger partial charge in [-0.1, -0.05) is 6.92 Å². The number of nitrogens with zero attached hydrogens (tertiary/aromatic N) is 2. The molecular formula is C9H16N4O2S. The minimum Gasteiger partial charge on any atom is -0.355 e. The first-order valence-corrected chi connectivity index (χ1v) is 6.64. The molecule has 0 spiro atoms. The Morgan fingerprint density at radius 3 is 2.38 bits per heavy atom. The van der Waals surface area contributed by atoms with Gasteiger partial charge in [-0.3, -0.25) is 0 Å². The molecule has 0 saturated carbocycles.